The lowest BCUT2D eigenvalue weighted by atomic mass is 10.2. The van der Waals surface area contributed by atoms with Gasteiger partial charge in [0.05, 0.1) is 12.6 Å². The fourth-order valence-corrected chi connectivity index (χ4v) is 1.85. The molecule has 0 fully saturated rings. The highest BCUT2D eigenvalue weighted by Crippen LogP contribution is 2.23. The molecule has 2 rings (SSSR count). The van der Waals surface area contributed by atoms with Crippen molar-refractivity contribution in [3.63, 3.8) is 0 Å². The van der Waals surface area contributed by atoms with Gasteiger partial charge in [0.1, 0.15) is 5.75 Å². The molecule has 0 spiro atoms. The van der Waals surface area contributed by atoms with Crippen LogP contribution in [-0.4, -0.2) is 9.09 Å². The van der Waals surface area contributed by atoms with Gasteiger partial charge in [-0.2, -0.15) is 0 Å². The molecule has 0 saturated heterocycles. The normalized spacial score (nSPS) is 21.9. The van der Waals surface area contributed by atoms with Gasteiger partial charge in [0.15, 0.2) is 0 Å². The van der Waals surface area contributed by atoms with Gasteiger partial charge in [0, 0.05) is 11.8 Å². The van der Waals surface area contributed by atoms with Gasteiger partial charge in [-0.25, -0.2) is 0 Å². The zero-order valence-electron chi connectivity index (χ0n) is 5.28. The van der Waals surface area contributed by atoms with Crippen LogP contribution in [0.5, 0.6) is 5.75 Å². The molecule has 0 N–H and O–H groups in total. The SMILES string of the molecule is [IH+]C1Cc2ccncc2O1. The van der Waals surface area contributed by atoms with Crippen molar-refractivity contribution in [3.05, 3.63) is 24.0 Å². The van der Waals surface area contributed by atoms with Crippen LogP contribution in [-0.2, 0) is 6.42 Å². The van der Waals surface area contributed by atoms with Crippen LogP contribution in [0.25, 0.3) is 0 Å². The number of aromatic nitrogens is 1. The third kappa shape index (κ3) is 0.982. The third-order valence-corrected chi connectivity index (χ3v) is 2.27. The van der Waals surface area contributed by atoms with Gasteiger partial charge >= 0.3 is 22.6 Å². The Kier molecular flexibility index (Phi) is 1.52. The predicted molar refractivity (Wildman–Crippen MR) is 33.8 cm³/mol. The highest BCUT2D eigenvalue weighted by molar-refractivity contribution is 5.33. The highest BCUT2D eigenvalue weighted by atomic mass is 127. The molecule has 1 aromatic rings. The van der Waals surface area contributed by atoms with Crippen LogP contribution in [0.1, 0.15) is 5.56 Å². The van der Waals surface area contributed by atoms with Crippen molar-refractivity contribution in [2.24, 2.45) is 0 Å². The van der Waals surface area contributed by atoms with Crippen LogP contribution in [0.4, 0.5) is 0 Å². The van der Waals surface area contributed by atoms with Crippen molar-refractivity contribution in [2.75, 3.05) is 0 Å². The van der Waals surface area contributed by atoms with Crippen molar-refractivity contribution >= 4 is 0 Å². The van der Waals surface area contributed by atoms with E-state index in [1.54, 1.807) is 12.4 Å². The van der Waals surface area contributed by atoms with E-state index in [2.05, 4.69) is 4.98 Å². The van der Waals surface area contributed by atoms with E-state index >= 15 is 0 Å². The molecule has 0 bridgehead atoms. The number of rotatable bonds is 0. The van der Waals surface area contributed by atoms with Crippen molar-refractivity contribution in [1.29, 1.82) is 0 Å². The van der Waals surface area contributed by atoms with Crippen LogP contribution < -0.4 is 27.3 Å². The lowest BCUT2D eigenvalue weighted by Crippen LogP contribution is -3.39. The molecule has 2 nitrogen and oxygen atoms in total. The van der Waals surface area contributed by atoms with E-state index in [9.17, 15) is 0 Å². The molecule has 1 atom stereocenters. The van der Waals surface area contributed by atoms with E-state index in [1.807, 2.05) is 28.7 Å². The van der Waals surface area contributed by atoms with Gasteiger partial charge in [-0.1, -0.05) is 0 Å². The molecule has 52 valence electrons. The number of alkyl halides is 1. The average Bonchev–Trinajstić information content (AvgIpc) is 2.27. The summed E-state index contributed by atoms with van der Waals surface area (Å²) in [7, 11) is 0. The number of nitrogens with zero attached hydrogens (tertiary/aromatic N) is 1. The molecule has 1 aliphatic rings. The molecule has 1 unspecified atom stereocenters. The van der Waals surface area contributed by atoms with Crippen LogP contribution in [0.3, 0.4) is 0 Å². The molecule has 1 aromatic heterocycles. The lowest BCUT2D eigenvalue weighted by molar-refractivity contribution is -0.467. The number of hydrogen-bond acceptors (Lipinski definition) is 2. The molecule has 0 aliphatic carbocycles. The highest BCUT2D eigenvalue weighted by Gasteiger charge is 2.25. The van der Waals surface area contributed by atoms with E-state index in [0.717, 1.165) is 12.2 Å². The van der Waals surface area contributed by atoms with Crippen LogP contribution >= 0.6 is 0 Å². The van der Waals surface area contributed by atoms with Crippen molar-refractivity contribution < 1.29 is 27.3 Å². The summed E-state index contributed by atoms with van der Waals surface area (Å²) in [4.78, 5) is 3.97. The van der Waals surface area contributed by atoms with Crippen molar-refractivity contribution in [3.8, 4) is 5.75 Å². The largest absolute Gasteiger partial charge is 0.445 e. The standard InChI is InChI=1S/C7H7INO/c8-7-3-5-1-2-9-4-6(5)10-7/h1-2,4,7-8H,3H2/q+1. The average molecular weight is 248 g/mol. The maximum atomic E-state index is 5.45. The summed E-state index contributed by atoms with van der Waals surface area (Å²) in [5, 5.41) is 0. The van der Waals surface area contributed by atoms with E-state index in [0.29, 0.717) is 4.11 Å². The molecular formula is C7H7INO+. The fraction of sp³-hybridized carbons (Fsp3) is 0.286. The van der Waals surface area contributed by atoms with Gasteiger partial charge in [0.2, 0.25) is 0 Å². The van der Waals surface area contributed by atoms with Gasteiger partial charge in [-0.05, 0) is 6.07 Å². The van der Waals surface area contributed by atoms with Gasteiger partial charge < -0.3 is 4.74 Å². The van der Waals surface area contributed by atoms with Crippen LogP contribution in [0.15, 0.2) is 18.5 Å². The van der Waals surface area contributed by atoms with Crippen LogP contribution in [0, 0.1) is 0 Å². The Hall–Kier alpha value is -0.320. The number of ether oxygens (including phenoxy) is 1. The maximum Gasteiger partial charge on any atom is 0.301 e. The first-order valence-electron chi connectivity index (χ1n) is 3.11. The Morgan fingerprint density at radius 3 is 3.40 bits per heavy atom. The first-order valence-corrected chi connectivity index (χ1v) is 4.46. The van der Waals surface area contributed by atoms with Crippen molar-refractivity contribution in [2.45, 2.75) is 10.5 Å². The second kappa shape index (κ2) is 2.38. The summed E-state index contributed by atoms with van der Waals surface area (Å²) in [6.07, 6.45) is 4.62. The molecule has 0 amide bonds. The second-order valence-corrected chi connectivity index (χ2v) is 3.74. The van der Waals surface area contributed by atoms with Crippen molar-refractivity contribution in [1.82, 2.24) is 4.98 Å². The topological polar surface area (TPSA) is 22.1 Å². The molecular weight excluding hydrogens is 241 g/mol. The molecule has 1 aliphatic heterocycles. The number of fused-ring (bicyclic) bond motifs is 1. The first-order chi connectivity index (χ1) is 4.86. The van der Waals surface area contributed by atoms with E-state index < -0.39 is 0 Å². The zero-order valence-corrected chi connectivity index (χ0v) is 7.61. The minimum absolute atomic E-state index is 0.343. The molecule has 2 heterocycles. The maximum absolute atomic E-state index is 5.45. The number of hydrogen-bond donors (Lipinski definition) is 0. The Morgan fingerprint density at radius 2 is 2.60 bits per heavy atom. The smallest absolute Gasteiger partial charge is 0.301 e. The Bertz CT molecular complexity index is 226. The van der Waals surface area contributed by atoms with E-state index in [1.165, 1.54) is 5.56 Å². The summed E-state index contributed by atoms with van der Waals surface area (Å²) >= 11 is 2.00. The Morgan fingerprint density at radius 1 is 1.70 bits per heavy atom. The van der Waals surface area contributed by atoms with Gasteiger partial charge in [-0.3, -0.25) is 4.98 Å². The molecule has 3 heteroatoms. The number of pyridine rings is 1. The first kappa shape index (κ1) is 6.39. The van der Waals surface area contributed by atoms with Gasteiger partial charge in [-0.15, -0.1) is 0 Å². The molecule has 10 heavy (non-hydrogen) atoms. The minimum Gasteiger partial charge on any atom is -0.445 e. The summed E-state index contributed by atoms with van der Waals surface area (Å²) in [5.74, 6) is 0.956. The monoisotopic (exact) mass is 248 g/mol. The van der Waals surface area contributed by atoms with E-state index in [4.69, 9.17) is 4.74 Å². The quantitative estimate of drug-likeness (QED) is 0.378. The lowest BCUT2D eigenvalue weighted by Gasteiger charge is -1.93. The minimum atomic E-state index is 0.343. The summed E-state index contributed by atoms with van der Waals surface area (Å²) in [6, 6.07) is 2.01. The summed E-state index contributed by atoms with van der Waals surface area (Å²) in [6.45, 7) is 0. The second-order valence-electron chi connectivity index (χ2n) is 2.23. The molecule has 0 saturated carbocycles. The predicted octanol–water partition coefficient (Wildman–Crippen LogP) is -2.37. The number of halogens is 1. The zero-order chi connectivity index (χ0) is 6.97. The van der Waals surface area contributed by atoms with Crippen LogP contribution in [0.2, 0.25) is 0 Å². The Balaban J connectivity index is 2.42. The summed E-state index contributed by atoms with van der Waals surface area (Å²) in [5.41, 5.74) is 1.28. The fourth-order valence-electron chi connectivity index (χ4n) is 1.05. The molecule has 0 radical (unpaired) electrons. The van der Waals surface area contributed by atoms with Gasteiger partial charge in [0.25, 0.3) is 4.11 Å². The molecule has 0 aromatic carbocycles. The summed E-state index contributed by atoms with van der Waals surface area (Å²) < 4.78 is 5.79. The van der Waals surface area contributed by atoms with E-state index in [-0.39, 0.29) is 0 Å². The Labute approximate surface area is 72.8 Å². The third-order valence-electron chi connectivity index (χ3n) is 1.52.